The van der Waals surface area contributed by atoms with Gasteiger partial charge in [-0.1, -0.05) is 35.5 Å². The highest BCUT2D eigenvalue weighted by Crippen LogP contribution is 2.18. The van der Waals surface area contributed by atoms with Crippen molar-refractivity contribution in [2.75, 3.05) is 11.9 Å². The Labute approximate surface area is 201 Å². The number of aryl methyl sites for hydroxylation is 1. The zero-order valence-electron chi connectivity index (χ0n) is 18.9. The molecule has 0 spiro atoms. The van der Waals surface area contributed by atoms with E-state index in [9.17, 15) is 14.0 Å². The lowest BCUT2D eigenvalue weighted by Gasteiger charge is -2.07. The molecule has 0 saturated heterocycles. The predicted molar refractivity (Wildman–Crippen MR) is 129 cm³/mol. The van der Waals surface area contributed by atoms with Crippen molar-refractivity contribution in [2.24, 2.45) is 0 Å². The first kappa shape index (κ1) is 23.7. The number of anilines is 1. The molecule has 0 aliphatic rings. The number of benzene rings is 3. The summed E-state index contributed by atoms with van der Waals surface area (Å²) in [7, 11) is 0. The first-order valence-corrected chi connectivity index (χ1v) is 11.1. The Kier molecular flexibility index (Phi) is 7.85. The second kappa shape index (κ2) is 11.6. The standard InChI is InChI=1S/C27H24FN3O4/c28-21-10-8-20(9-11-21)26(32)30-22-12-14-23(15-13-22)34-18-24-17-25(31-35-24)27(33)29-16-4-7-19-5-2-1-3-6-19/h1-3,5-6,8-15,17H,4,7,16,18H2,(H,29,33)(H,30,32). The minimum Gasteiger partial charge on any atom is -0.486 e. The second-order valence-corrected chi connectivity index (χ2v) is 7.80. The van der Waals surface area contributed by atoms with Crippen molar-refractivity contribution in [1.29, 1.82) is 0 Å². The van der Waals surface area contributed by atoms with E-state index in [1.165, 1.54) is 29.8 Å². The maximum atomic E-state index is 13.0. The van der Waals surface area contributed by atoms with Crippen LogP contribution in [0.15, 0.2) is 89.5 Å². The molecule has 1 aromatic heterocycles. The van der Waals surface area contributed by atoms with E-state index >= 15 is 0 Å². The number of rotatable bonds is 10. The Bertz CT molecular complexity index is 1260. The lowest BCUT2D eigenvalue weighted by Crippen LogP contribution is -2.25. The maximum Gasteiger partial charge on any atom is 0.273 e. The van der Waals surface area contributed by atoms with Gasteiger partial charge in [-0.15, -0.1) is 0 Å². The Balaban J connectivity index is 1.20. The van der Waals surface area contributed by atoms with Gasteiger partial charge in [0.25, 0.3) is 11.8 Å². The van der Waals surface area contributed by atoms with Gasteiger partial charge < -0.3 is 19.9 Å². The van der Waals surface area contributed by atoms with Gasteiger partial charge in [0.2, 0.25) is 0 Å². The number of nitrogens with zero attached hydrogens (tertiary/aromatic N) is 1. The van der Waals surface area contributed by atoms with E-state index in [0.29, 0.717) is 29.3 Å². The van der Waals surface area contributed by atoms with E-state index < -0.39 is 5.82 Å². The number of ether oxygens (including phenoxy) is 1. The quantitative estimate of drug-likeness (QED) is 0.316. The summed E-state index contributed by atoms with van der Waals surface area (Å²) in [6.45, 7) is 0.631. The average Bonchev–Trinajstić information content (AvgIpc) is 3.36. The molecule has 0 atom stereocenters. The zero-order valence-corrected chi connectivity index (χ0v) is 18.9. The Hall–Kier alpha value is -4.46. The topological polar surface area (TPSA) is 93.5 Å². The van der Waals surface area contributed by atoms with E-state index in [4.69, 9.17) is 9.26 Å². The molecule has 7 nitrogen and oxygen atoms in total. The zero-order chi connectivity index (χ0) is 24.5. The summed E-state index contributed by atoms with van der Waals surface area (Å²) in [6.07, 6.45) is 1.71. The smallest absolute Gasteiger partial charge is 0.273 e. The monoisotopic (exact) mass is 473 g/mol. The van der Waals surface area contributed by atoms with Gasteiger partial charge in [0.15, 0.2) is 11.5 Å². The predicted octanol–water partition coefficient (Wildman–Crippen LogP) is 5.01. The molecule has 4 aromatic rings. The van der Waals surface area contributed by atoms with Gasteiger partial charge in [0.1, 0.15) is 18.2 Å². The lowest BCUT2D eigenvalue weighted by atomic mass is 10.1. The number of carbonyl (C=O) groups is 2. The number of hydrogen-bond donors (Lipinski definition) is 2. The highest BCUT2D eigenvalue weighted by atomic mass is 19.1. The molecule has 35 heavy (non-hydrogen) atoms. The molecule has 0 aliphatic carbocycles. The van der Waals surface area contributed by atoms with Crippen LogP contribution in [0.25, 0.3) is 0 Å². The summed E-state index contributed by atoms with van der Waals surface area (Å²) in [5, 5.41) is 9.38. The number of amides is 2. The largest absolute Gasteiger partial charge is 0.486 e. The van der Waals surface area contributed by atoms with Gasteiger partial charge in [-0.05, 0) is 66.9 Å². The maximum absolute atomic E-state index is 13.0. The van der Waals surface area contributed by atoms with Crippen LogP contribution in [-0.4, -0.2) is 23.5 Å². The summed E-state index contributed by atoms with van der Waals surface area (Å²) in [5.41, 5.74) is 2.35. The fourth-order valence-electron chi connectivity index (χ4n) is 3.31. The molecule has 0 fully saturated rings. The van der Waals surface area contributed by atoms with Crippen molar-refractivity contribution in [1.82, 2.24) is 10.5 Å². The van der Waals surface area contributed by atoms with Crippen LogP contribution < -0.4 is 15.4 Å². The highest BCUT2D eigenvalue weighted by Gasteiger charge is 2.13. The number of aromatic nitrogens is 1. The van der Waals surface area contributed by atoms with Crippen molar-refractivity contribution in [3.63, 3.8) is 0 Å². The average molecular weight is 474 g/mol. The van der Waals surface area contributed by atoms with Gasteiger partial charge in [-0.25, -0.2) is 4.39 Å². The van der Waals surface area contributed by atoms with Crippen LogP contribution >= 0.6 is 0 Å². The lowest BCUT2D eigenvalue weighted by molar-refractivity contribution is 0.0943. The summed E-state index contributed by atoms with van der Waals surface area (Å²) in [5.74, 6) is -0.0804. The molecule has 0 radical (unpaired) electrons. The van der Waals surface area contributed by atoms with Crippen LogP contribution in [0.4, 0.5) is 10.1 Å². The summed E-state index contributed by atoms with van der Waals surface area (Å²) in [4.78, 5) is 24.5. The first-order chi connectivity index (χ1) is 17.1. The second-order valence-electron chi connectivity index (χ2n) is 7.80. The molecule has 0 aliphatic heterocycles. The molecule has 4 rings (SSSR count). The van der Waals surface area contributed by atoms with Crippen molar-refractivity contribution >= 4 is 17.5 Å². The summed E-state index contributed by atoms with van der Waals surface area (Å²) >= 11 is 0. The number of carbonyl (C=O) groups excluding carboxylic acids is 2. The van der Waals surface area contributed by atoms with Crippen LogP contribution in [-0.2, 0) is 13.0 Å². The molecule has 0 unspecified atom stereocenters. The normalized spacial score (nSPS) is 10.5. The molecule has 0 bridgehead atoms. The summed E-state index contributed by atoms with van der Waals surface area (Å²) in [6, 6.07) is 23.7. The molecular weight excluding hydrogens is 449 g/mol. The number of halogens is 1. The van der Waals surface area contributed by atoms with Gasteiger partial charge in [-0.2, -0.15) is 0 Å². The molecule has 178 valence electrons. The minimum absolute atomic E-state index is 0.0928. The van der Waals surface area contributed by atoms with Crippen LogP contribution in [0, 0.1) is 5.82 Å². The molecule has 8 heteroatoms. The molecular formula is C27H24FN3O4. The van der Waals surface area contributed by atoms with Gasteiger partial charge in [-0.3, -0.25) is 9.59 Å². The molecule has 0 saturated carbocycles. The molecule has 2 amide bonds. The van der Waals surface area contributed by atoms with E-state index in [1.54, 1.807) is 30.3 Å². The fourth-order valence-corrected chi connectivity index (χ4v) is 3.31. The molecule has 1 heterocycles. The van der Waals surface area contributed by atoms with E-state index in [-0.39, 0.29) is 24.1 Å². The van der Waals surface area contributed by atoms with Gasteiger partial charge >= 0.3 is 0 Å². The van der Waals surface area contributed by atoms with Crippen LogP contribution in [0.3, 0.4) is 0 Å². The van der Waals surface area contributed by atoms with Crippen LogP contribution in [0.1, 0.15) is 38.6 Å². The van der Waals surface area contributed by atoms with Gasteiger partial charge in [0.05, 0.1) is 0 Å². The molecule has 2 N–H and O–H groups in total. The van der Waals surface area contributed by atoms with Crippen molar-refractivity contribution in [2.45, 2.75) is 19.4 Å². The first-order valence-electron chi connectivity index (χ1n) is 11.1. The highest BCUT2D eigenvalue weighted by molar-refractivity contribution is 6.04. The Morgan fingerprint density at radius 2 is 1.66 bits per heavy atom. The third-order valence-electron chi connectivity index (χ3n) is 5.16. The SMILES string of the molecule is O=C(Nc1ccc(OCc2cc(C(=O)NCCCc3ccccc3)no2)cc1)c1ccc(F)cc1. The van der Waals surface area contributed by atoms with Crippen LogP contribution in [0.5, 0.6) is 5.75 Å². The number of hydrogen-bond acceptors (Lipinski definition) is 5. The fraction of sp³-hybridized carbons (Fsp3) is 0.148. The van der Waals surface area contributed by atoms with Crippen molar-refractivity contribution in [3.05, 3.63) is 113 Å². The van der Waals surface area contributed by atoms with Gasteiger partial charge in [0, 0.05) is 23.9 Å². The third-order valence-corrected chi connectivity index (χ3v) is 5.16. The number of nitrogens with one attached hydrogen (secondary N) is 2. The van der Waals surface area contributed by atoms with Crippen LogP contribution in [0.2, 0.25) is 0 Å². The third kappa shape index (κ3) is 7.01. The van der Waals surface area contributed by atoms with E-state index in [0.717, 1.165) is 12.8 Å². The van der Waals surface area contributed by atoms with Crippen molar-refractivity contribution < 1.29 is 23.2 Å². The molecule has 3 aromatic carbocycles. The minimum atomic E-state index is -0.401. The van der Waals surface area contributed by atoms with Crippen molar-refractivity contribution in [3.8, 4) is 5.75 Å². The van der Waals surface area contributed by atoms with E-state index in [2.05, 4.69) is 27.9 Å². The Morgan fingerprint density at radius 3 is 2.40 bits per heavy atom. The summed E-state index contributed by atoms with van der Waals surface area (Å²) < 4.78 is 23.9. The van der Waals surface area contributed by atoms with E-state index in [1.807, 2.05) is 18.2 Å². The Morgan fingerprint density at radius 1 is 0.914 bits per heavy atom.